The molecule has 24 heavy (non-hydrogen) atoms. The van der Waals surface area contributed by atoms with Crippen LogP contribution in [0.4, 0.5) is 0 Å². The van der Waals surface area contributed by atoms with Gasteiger partial charge < -0.3 is 19.1 Å². The molecule has 2 heterocycles. The van der Waals surface area contributed by atoms with E-state index in [0.717, 1.165) is 38.5 Å². The summed E-state index contributed by atoms with van der Waals surface area (Å²) in [6, 6.07) is 8.24. The van der Waals surface area contributed by atoms with Crippen LogP contribution < -0.4 is 4.74 Å². The minimum atomic E-state index is 0.181. The summed E-state index contributed by atoms with van der Waals surface area (Å²) in [4.78, 5) is 6.35. The number of aliphatic hydroxyl groups is 1. The van der Waals surface area contributed by atoms with Crippen molar-refractivity contribution < 1.29 is 14.6 Å². The molecule has 0 saturated carbocycles. The summed E-state index contributed by atoms with van der Waals surface area (Å²) in [6.45, 7) is 5.62. The highest BCUT2D eigenvalue weighted by Gasteiger charge is 2.17. The molecule has 1 aromatic heterocycles. The van der Waals surface area contributed by atoms with E-state index in [1.807, 2.05) is 22.9 Å². The fourth-order valence-electron chi connectivity index (χ4n) is 2.84. The lowest BCUT2D eigenvalue weighted by Crippen LogP contribution is -2.30. The Balaban J connectivity index is 1.46. The molecule has 130 valence electrons. The summed E-state index contributed by atoms with van der Waals surface area (Å²) in [7, 11) is 0. The lowest BCUT2D eigenvalue weighted by Gasteiger charge is -2.22. The first-order valence-electron chi connectivity index (χ1n) is 8.42. The van der Waals surface area contributed by atoms with Gasteiger partial charge in [0.25, 0.3) is 0 Å². The number of nitrogens with zero attached hydrogens (tertiary/aromatic N) is 3. The first-order chi connectivity index (χ1) is 11.8. The van der Waals surface area contributed by atoms with Gasteiger partial charge in [0.2, 0.25) is 0 Å². The van der Waals surface area contributed by atoms with Crippen LogP contribution in [0.25, 0.3) is 0 Å². The molecular formula is C18H25N3O3. The molecule has 1 atom stereocenters. The zero-order chi connectivity index (χ0) is 16.6. The summed E-state index contributed by atoms with van der Waals surface area (Å²) >= 11 is 0. The molecule has 1 saturated heterocycles. The highest BCUT2D eigenvalue weighted by atomic mass is 16.5. The van der Waals surface area contributed by atoms with Gasteiger partial charge in [-0.15, -0.1) is 0 Å². The van der Waals surface area contributed by atoms with Crippen LogP contribution in [0.15, 0.2) is 43.0 Å². The van der Waals surface area contributed by atoms with E-state index in [2.05, 4.69) is 22.0 Å². The maximum atomic E-state index is 9.36. The Hall–Kier alpha value is -1.89. The summed E-state index contributed by atoms with van der Waals surface area (Å²) in [6.07, 6.45) is 5.48. The zero-order valence-electron chi connectivity index (χ0n) is 13.9. The largest absolute Gasteiger partial charge is 0.492 e. The van der Waals surface area contributed by atoms with Crippen LogP contribution in [0.5, 0.6) is 5.75 Å². The van der Waals surface area contributed by atoms with Crippen molar-refractivity contribution in [2.24, 2.45) is 5.92 Å². The molecule has 0 radical (unpaired) electrons. The molecule has 1 aliphatic rings. The van der Waals surface area contributed by atoms with Crippen molar-refractivity contribution in [1.82, 2.24) is 14.5 Å². The smallest absolute Gasteiger partial charge is 0.119 e. The first kappa shape index (κ1) is 17.0. The fraction of sp³-hybridized carbons (Fsp3) is 0.500. The molecule has 1 N–H and O–H groups in total. The van der Waals surface area contributed by atoms with Gasteiger partial charge in [0.15, 0.2) is 0 Å². The molecule has 0 unspecified atom stereocenters. The second-order valence-corrected chi connectivity index (χ2v) is 6.15. The van der Waals surface area contributed by atoms with Crippen LogP contribution in [0, 0.1) is 5.92 Å². The van der Waals surface area contributed by atoms with Crippen LogP contribution in [0.1, 0.15) is 5.56 Å². The average molecular weight is 331 g/mol. The van der Waals surface area contributed by atoms with Gasteiger partial charge in [0.05, 0.1) is 26.1 Å². The van der Waals surface area contributed by atoms with E-state index in [4.69, 9.17) is 9.47 Å². The molecule has 2 aromatic rings. The number of benzene rings is 1. The number of aromatic nitrogens is 2. The van der Waals surface area contributed by atoms with Gasteiger partial charge >= 0.3 is 0 Å². The highest BCUT2D eigenvalue weighted by molar-refractivity contribution is 5.27. The van der Waals surface area contributed by atoms with Crippen molar-refractivity contribution in [3.8, 4) is 5.75 Å². The van der Waals surface area contributed by atoms with Crippen molar-refractivity contribution in [3.63, 3.8) is 0 Å². The van der Waals surface area contributed by atoms with E-state index in [0.29, 0.717) is 13.2 Å². The molecule has 1 fully saturated rings. The van der Waals surface area contributed by atoms with Crippen LogP contribution in [0.2, 0.25) is 0 Å². The summed E-state index contributed by atoms with van der Waals surface area (Å²) in [5.74, 6) is 1.09. The van der Waals surface area contributed by atoms with Crippen molar-refractivity contribution in [1.29, 1.82) is 0 Å². The third-order valence-electron chi connectivity index (χ3n) is 4.19. The predicted molar refractivity (Wildman–Crippen MR) is 90.8 cm³/mol. The van der Waals surface area contributed by atoms with Gasteiger partial charge in [-0.3, -0.25) is 4.90 Å². The normalized spacial score (nSPS) is 19.1. The fourth-order valence-corrected chi connectivity index (χ4v) is 2.84. The van der Waals surface area contributed by atoms with Crippen molar-refractivity contribution in [2.75, 3.05) is 39.5 Å². The van der Waals surface area contributed by atoms with Crippen molar-refractivity contribution >= 4 is 0 Å². The second-order valence-electron chi connectivity index (χ2n) is 6.15. The van der Waals surface area contributed by atoms with Crippen LogP contribution >= 0.6 is 0 Å². The van der Waals surface area contributed by atoms with E-state index in [-0.39, 0.29) is 12.5 Å². The van der Waals surface area contributed by atoms with Crippen molar-refractivity contribution in [2.45, 2.75) is 13.1 Å². The minimum absolute atomic E-state index is 0.181. The van der Waals surface area contributed by atoms with Crippen LogP contribution in [-0.2, 0) is 17.8 Å². The van der Waals surface area contributed by atoms with E-state index in [9.17, 15) is 5.11 Å². The molecule has 1 aromatic carbocycles. The number of hydrogen-bond donors (Lipinski definition) is 1. The lowest BCUT2D eigenvalue weighted by atomic mass is 10.1. The zero-order valence-corrected chi connectivity index (χ0v) is 13.9. The van der Waals surface area contributed by atoms with Gasteiger partial charge in [-0.05, 0) is 17.7 Å². The molecule has 3 rings (SSSR count). The Morgan fingerprint density at radius 1 is 1.29 bits per heavy atom. The van der Waals surface area contributed by atoms with Crippen LogP contribution in [0.3, 0.4) is 0 Å². The molecule has 0 spiro atoms. The van der Waals surface area contributed by atoms with E-state index < -0.39 is 0 Å². The molecule has 0 aliphatic carbocycles. The highest BCUT2D eigenvalue weighted by Crippen LogP contribution is 2.15. The standard InChI is InChI=1S/C18H25N3O3/c22-13-17-12-21(7-9-23-14-17)11-16-1-3-18(4-2-16)24-10-8-20-6-5-19-15-20/h1-6,15,17,22H,7-14H2/t17-/m1/s1. The first-order valence-corrected chi connectivity index (χ1v) is 8.42. The number of hydrogen-bond acceptors (Lipinski definition) is 5. The predicted octanol–water partition coefficient (Wildman–Crippen LogP) is 1.40. The number of ether oxygens (including phenoxy) is 2. The van der Waals surface area contributed by atoms with E-state index in [1.165, 1.54) is 5.56 Å². The van der Waals surface area contributed by atoms with Gasteiger partial charge in [0, 0.05) is 44.6 Å². The lowest BCUT2D eigenvalue weighted by molar-refractivity contribution is 0.0958. The SMILES string of the molecule is OC[C@@H]1COCCN(Cc2ccc(OCCn3ccnc3)cc2)C1. The Labute approximate surface area is 142 Å². The quantitative estimate of drug-likeness (QED) is 0.831. The monoisotopic (exact) mass is 331 g/mol. The van der Waals surface area contributed by atoms with Gasteiger partial charge in [0.1, 0.15) is 12.4 Å². The van der Waals surface area contributed by atoms with Gasteiger partial charge in [-0.2, -0.15) is 0 Å². The molecule has 0 bridgehead atoms. The molecule has 0 amide bonds. The molecular weight excluding hydrogens is 306 g/mol. The van der Waals surface area contributed by atoms with E-state index >= 15 is 0 Å². The Morgan fingerprint density at radius 3 is 2.92 bits per heavy atom. The number of aliphatic hydroxyl groups excluding tert-OH is 1. The van der Waals surface area contributed by atoms with Crippen LogP contribution in [-0.4, -0.2) is 59.1 Å². The Morgan fingerprint density at radius 2 is 2.17 bits per heavy atom. The number of imidazole rings is 1. The van der Waals surface area contributed by atoms with Gasteiger partial charge in [-0.1, -0.05) is 12.1 Å². The number of rotatable bonds is 7. The van der Waals surface area contributed by atoms with Gasteiger partial charge in [-0.25, -0.2) is 4.98 Å². The maximum absolute atomic E-state index is 9.36. The second kappa shape index (κ2) is 8.82. The molecule has 6 nitrogen and oxygen atoms in total. The topological polar surface area (TPSA) is 59.8 Å². The Bertz CT molecular complexity index is 586. The van der Waals surface area contributed by atoms with Crippen molar-refractivity contribution in [3.05, 3.63) is 48.5 Å². The van der Waals surface area contributed by atoms with E-state index in [1.54, 1.807) is 12.5 Å². The summed E-state index contributed by atoms with van der Waals surface area (Å²) < 4.78 is 13.3. The third kappa shape index (κ3) is 5.06. The third-order valence-corrected chi connectivity index (χ3v) is 4.19. The minimum Gasteiger partial charge on any atom is -0.492 e. The summed E-state index contributed by atoms with van der Waals surface area (Å²) in [5.41, 5.74) is 1.25. The molecule has 6 heteroatoms. The average Bonchev–Trinajstić information content (AvgIpc) is 3.02. The molecule has 1 aliphatic heterocycles. The maximum Gasteiger partial charge on any atom is 0.119 e. The Kier molecular flexibility index (Phi) is 6.23. The summed E-state index contributed by atoms with van der Waals surface area (Å²) in [5, 5.41) is 9.36.